The minimum Gasteiger partial charge on any atom is -0.485 e. The van der Waals surface area contributed by atoms with Gasteiger partial charge in [0.1, 0.15) is 18.2 Å². The summed E-state index contributed by atoms with van der Waals surface area (Å²) in [5.41, 5.74) is 0.304. The molecule has 0 saturated heterocycles. The lowest BCUT2D eigenvalue weighted by Gasteiger charge is -2.13. The molecule has 1 N–H and O–H groups in total. The van der Waals surface area contributed by atoms with Crippen LogP contribution in [0.25, 0.3) is 0 Å². The molecule has 1 aromatic carbocycles. The summed E-state index contributed by atoms with van der Waals surface area (Å²) in [6.45, 7) is 1.76. The molecule has 0 unspecified atom stereocenters. The number of non-ortho nitro benzene ring substituents is 1. The summed E-state index contributed by atoms with van der Waals surface area (Å²) in [5, 5.41) is 20.4. The van der Waals surface area contributed by atoms with Gasteiger partial charge in [0, 0.05) is 37.1 Å². The molecular formula is C13H15N3O4. The van der Waals surface area contributed by atoms with Crippen LogP contribution in [0.2, 0.25) is 0 Å². The number of hydrogen-bond acceptors (Lipinski definition) is 5. The van der Waals surface area contributed by atoms with Crippen molar-refractivity contribution in [3.05, 3.63) is 52.1 Å². The average molecular weight is 277 g/mol. The highest BCUT2D eigenvalue weighted by atomic mass is 16.6. The van der Waals surface area contributed by atoms with E-state index in [1.165, 1.54) is 25.1 Å². The third kappa shape index (κ3) is 2.94. The van der Waals surface area contributed by atoms with E-state index in [9.17, 15) is 15.2 Å². The van der Waals surface area contributed by atoms with Crippen molar-refractivity contribution in [3.63, 3.8) is 0 Å². The molecule has 7 nitrogen and oxygen atoms in total. The first-order chi connectivity index (χ1) is 9.49. The van der Waals surface area contributed by atoms with Crippen molar-refractivity contribution in [1.29, 1.82) is 0 Å². The Kier molecular flexibility index (Phi) is 3.99. The molecule has 0 spiro atoms. The van der Waals surface area contributed by atoms with Crippen LogP contribution in [0.15, 0.2) is 30.6 Å². The Hall–Kier alpha value is -2.41. The van der Waals surface area contributed by atoms with Gasteiger partial charge in [-0.15, -0.1) is 0 Å². The highest BCUT2D eigenvalue weighted by molar-refractivity contribution is 5.44. The molecule has 1 heterocycles. The maximum absolute atomic E-state index is 10.7. The number of imidazole rings is 1. The van der Waals surface area contributed by atoms with E-state index >= 15 is 0 Å². The number of aliphatic hydroxyl groups excluding tert-OH is 1. The third-order valence-corrected chi connectivity index (χ3v) is 2.93. The number of nitrogens with zero attached hydrogens (tertiary/aromatic N) is 3. The van der Waals surface area contributed by atoms with Crippen LogP contribution >= 0.6 is 0 Å². The maximum Gasteiger partial charge on any atom is 0.270 e. The minimum absolute atomic E-state index is 0.0785. The number of rotatable bonds is 5. The quantitative estimate of drug-likeness (QED) is 0.666. The molecule has 7 heteroatoms. The summed E-state index contributed by atoms with van der Waals surface area (Å²) in [4.78, 5) is 14.4. The van der Waals surface area contributed by atoms with Crippen LogP contribution in [0, 0.1) is 10.1 Å². The Bertz CT molecular complexity index is 622. The lowest BCUT2D eigenvalue weighted by Crippen LogP contribution is -2.06. The Balaban J connectivity index is 2.22. The first-order valence-corrected chi connectivity index (χ1v) is 6.04. The number of ether oxygens (including phenoxy) is 1. The van der Waals surface area contributed by atoms with Crippen LogP contribution in [-0.2, 0) is 13.7 Å². The van der Waals surface area contributed by atoms with Crippen molar-refractivity contribution in [2.75, 3.05) is 0 Å². The number of aryl methyl sites for hydroxylation is 1. The van der Waals surface area contributed by atoms with E-state index < -0.39 is 11.0 Å². The third-order valence-electron chi connectivity index (χ3n) is 2.93. The first kappa shape index (κ1) is 14.0. The van der Waals surface area contributed by atoms with E-state index in [0.29, 0.717) is 11.3 Å². The predicted molar refractivity (Wildman–Crippen MR) is 71.3 cm³/mol. The van der Waals surface area contributed by atoms with Crippen LogP contribution in [0.5, 0.6) is 5.75 Å². The number of aromatic nitrogens is 2. The van der Waals surface area contributed by atoms with E-state index in [0.717, 1.165) is 5.82 Å². The second kappa shape index (κ2) is 5.70. The van der Waals surface area contributed by atoms with Crippen LogP contribution < -0.4 is 4.74 Å². The molecule has 0 amide bonds. The summed E-state index contributed by atoms with van der Waals surface area (Å²) < 4.78 is 7.41. The number of hydrogen-bond donors (Lipinski definition) is 1. The van der Waals surface area contributed by atoms with Crippen molar-refractivity contribution in [2.24, 2.45) is 7.05 Å². The molecule has 106 valence electrons. The van der Waals surface area contributed by atoms with Gasteiger partial charge in [0.25, 0.3) is 5.69 Å². The fourth-order valence-corrected chi connectivity index (χ4v) is 1.79. The zero-order valence-corrected chi connectivity index (χ0v) is 11.2. The summed E-state index contributed by atoms with van der Waals surface area (Å²) in [6, 6.07) is 4.15. The van der Waals surface area contributed by atoms with Gasteiger partial charge < -0.3 is 14.4 Å². The van der Waals surface area contributed by atoms with Gasteiger partial charge in [0.15, 0.2) is 0 Å². The average Bonchev–Trinajstić information content (AvgIpc) is 2.81. The molecule has 20 heavy (non-hydrogen) atoms. The topological polar surface area (TPSA) is 90.4 Å². The van der Waals surface area contributed by atoms with Gasteiger partial charge >= 0.3 is 0 Å². The largest absolute Gasteiger partial charge is 0.485 e. The summed E-state index contributed by atoms with van der Waals surface area (Å²) in [5.74, 6) is 1.13. The molecule has 1 aromatic heterocycles. The van der Waals surface area contributed by atoms with Gasteiger partial charge in [0.05, 0.1) is 11.0 Å². The number of nitro groups is 1. The minimum atomic E-state index is -0.855. The van der Waals surface area contributed by atoms with Gasteiger partial charge in [-0.05, 0) is 13.0 Å². The van der Waals surface area contributed by atoms with Gasteiger partial charge in [0.2, 0.25) is 0 Å². The van der Waals surface area contributed by atoms with Crippen LogP contribution in [-0.4, -0.2) is 19.6 Å². The van der Waals surface area contributed by atoms with Gasteiger partial charge in [-0.2, -0.15) is 0 Å². The molecule has 0 aliphatic carbocycles. The van der Waals surface area contributed by atoms with Crippen molar-refractivity contribution < 1.29 is 14.8 Å². The predicted octanol–water partition coefficient (Wildman–Crippen LogP) is 1.96. The molecule has 0 saturated carbocycles. The van der Waals surface area contributed by atoms with Gasteiger partial charge in [-0.1, -0.05) is 0 Å². The van der Waals surface area contributed by atoms with Gasteiger partial charge in [-0.3, -0.25) is 10.1 Å². The highest BCUT2D eigenvalue weighted by Gasteiger charge is 2.15. The SMILES string of the molecule is C[C@H](O)c1cc([N+](=O)[O-])ccc1OCc1nccn1C. The Labute approximate surface area is 115 Å². The standard InChI is InChI=1S/C13H15N3O4/c1-9(17)11-7-10(16(18)19)3-4-12(11)20-8-13-14-5-6-15(13)2/h3-7,9,17H,8H2,1-2H3/t9-/m0/s1. The van der Waals surface area contributed by atoms with E-state index in [1.807, 2.05) is 11.6 Å². The molecule has 0 aliphatic rings. The van der Waals surface area contributed by atoms with Crippen LogP contribution in [0.4, 0.5) is 5.69 Å². The molecule has 0 aliphatic heterocycles. The van der Waals surface area contributed by atoms with E-state index in [1.54, 1.807) is 12.4 Å². The second-order valence-corrected chi connectivity index (χ2v) is 4.40. The lowest BCUT2D eigenvalue weighted by molar-refractivity contribution is -0.385. The first-order valence-electron chi connectivity index (χ1n) is 6.04. The van der Waals surface area contributed by atoms with Crippen molar-refractivity contribution in [2.45, 2.75) is 19.6 Å². The molecular weight excluding hydrogens is 262 g/mol. The fraction of sp³-hybridized carbons (Fsp3) is 0.308. The fourth-order valence-electron chi connectivity index (χ4n) is 1.79. The van der Waals surface area contributed by atoms with Crippen LogP contribution in [0.3, 0.4) is 0 Å². The summed E-state index contributed by atoms with van der Waals surface area (Å²) >= 11 is 0. The normalized spacial score (nSPS) is 12.2. The Morgan fingerprint density at radius 1 is 1.55 bits per heavy atom. The van der Waals surface area contributed by atoms with Gasteiger partial charge in [-0.25, -0.2) is 4.98 Å². The van der Waals surface area contributed by atoms with Crippen molar-refractivity contribution in [3.8, 4) is 5.75 Å². The number of aliphatic hydroxyl groups is 1. The van der Waals surface area contributed by atoms with E-state index in [2.05, 4.69) is 4.98 Å². The summed E-state index contributed by atoms with van der Waals surface area (Å²) in [7, 11) is 1.84. The highest BCUT2D eigenvalue weighted by Crippen LogP contribution is 2.29. The molecule has 0 radical (unpaired) electrons. The monoisotopic (exact) mass is 277 g/mol. The smallest absolute Gasteiger partial charge is 0.270 e. The van der Waals surface area contributed by atoms with E-state index in [4.69, 9.17) is 4.74 Å². The molecule has 0 bridgehead atoms. The molecule has 1 atom stereocenters. The molecule has 0 fully saturated rings. The second-order valence-electron chi connectivity index (χ2n) is 4.40. The Morgan fingerprint density at radius 3 is 2.85 bits per heavy atom. The Morgan fingerprint density at radius 2 is 2.30 bits per heavy atom. The van der Waals surface area contributed by atoms with Crippen LogP contribution in [0.1, 0.15) is 24.4 Å². The lowest BCUT2D eigenvalue weighted by atomic mass is 10.1. The molecule has 2 rings (SSSR count). The number of benzene rings is 1. The summed E-state index contributed by atoms with van der Waals surface area (Å²) in [6.07, 6.45) is 2.60. The zero-order chi connectivity index (χ0) is 14.7. The number of nitro benzene ring substituents is 1. The zero-order valence-electron chi connectivity index (χ0n) is 11.2. The molecule has 2 aromatic rings. The van der Waals surface area contributed by atoms with E-state index in [-0.39, 0.29) is 12.3 Å². The van der Waals surface area contributed by atoms with Crippen molar-refractivity contribution >= 4 is 5.69 Å². The van der Waals surface area contributed by atoms with Crippen molar-refractivity contribution in [1.82, 2.24) is 9.55 Å². The maximum atomic E-state index is 10.7.